The summed E-state index contributed by atoms with van der Waals surface area (Å²) in [5.74, 6) is -1.34. The first-order valence-electron chi connectivity index (χ1n) is 10.4. The Hall–Kier alpha value is -3.06. The minimum Gasteiger partial charge on any atom is -0.481 e. The summed E-state index contributed by atoms with van der Waals surface area (Å²) in [4.78, 5) is 41.0. The molecular formula is C24H28ClN3O4. The minimum absolute atomic E-state index is 0.190. The number of urea groups is 1. The van der Waals surface area contributed by atoms with Gasteiger partial charge >= 0.3 is 12.0 Å². The maximum absolute atomic E-state index is 14.0. The third-order valence-corrected chi connectivity index (χ3v) is 5.92. The maximum atomic E-state index is 14.0. The van der Waals surface area contributed by atoms with Crippen LogP contribution in [0.2, 0.25) is 5.02 Å². The Bertz CT molecular complexity index is 1030. The zero-order valence-corrected chi connectivity index (χ0v) is 19.2. The maximum Gasteiger partial charge on any atom is 0.320 e. The van der Waals surface area contributed by atoms with Crippen molar-refractivity contribution >= 4 is 35.2 Å². The first kappa shape index (κ1) is 23.6. The molecule has 0 unspecified atom stereocenters. The number of carbonyl (C=O) groups excluding carboxylic acids is 2. The van der Waals surface area contributed by atoms with Crippen LogP contribution in [0.1, 0.15) is 38.3 Å². The number of hydrogen-bond acceptors (Lipinski definition) is 3. The van der Waals surface area contributed by atoms with Crippen molar-refractivity contribution in [3.63, 3.8) is 0 Å². The predicted octanol–water partition coefficient (Wildman–Crippen LogP) is 4.07. The van der Waals surface area contributed by atoms with Crippen LogP contribution in [0.15, 0.2) is 48.5 Å². The predicted molar refractivity (Wildman–Crippen MR) is 123 cm³/mol. The summed E-state index contributed by atoms with van der Waals surface area (Å²) in [6, 6.07) is 12.0. The van der Waals surface area contributed by atoms with E-state index in [2.05, 4.69) is 0 Å². The first-order valence-corrected chi connectivity index (χ1v) is 10.8. The van der Waals surface area contributed by atoms with Gasteiger partial charge in [-0.3, -0.25) is 14.5 Å². The van der Waals surface area contributed by atoms with Crippen LogP contribution in [-0.4, -0.2) is 40.0 Å². The van der Waals surface area contributed by atoms with E-state index in [-0.39, 0.29) is 18.9 Å². The Morgan fingerprint density at radius 3 is 2.38 bits per heavy atom. The van der Waals surface area contributed by atoms with Gasteiger partial charge in [0.1, 0.15) is 6.04 Å². The monoisotopic (exact) mass is 457 g/mol. The second-order valence-electron chi connectivity index (χ2n) is 9.15. The summed E-state index contributed by atoms with van der Waals surface area (Å²) >= 11 is 6.14. The lowest BCUT2D eigenvalue weighted by Crippen LogP contribution is -2.60. The van der Waals surface area contributed by atoms with E-state index in [0.717, 1.165) is 11.1 Å². The Kier molecular flexibility index (Phi) is 6.79. The fraction of sp³-hybridized carbons (Fsp3) is 0.375. The van der Waals surface area contributed by atoms with Crippen molar-refractivity contribution < 1.29 is 19.5 Å². The van der Waals surface area contributed by atoms with Crippen LogP contribution in [0.3, 0.4) is 0 Å². The Morgan fingerprint density at radius 1 is 1.16 bits per heavy atom. The molecule has 3 rings (SSSR count). The van der Waals surface area contributed by atoms with E-state index in [1.54, 1.807) is 29.2 Å². The van der Waals surface area contributed by atoms with Crippen molar-refractivity contribution in [2.75, 3.05) is 4.90 Å². The van der Waals surface area contributed by atoms with Gasteiger partial charge in [0.2, 0.25) is 5.91 Å². The number of carboxylic acids is 1. The van der Waals surface area contributed by atoms with Gasteiger partial charge < -0.3 is 15.7 Å². The van der Waals surface area contributed by atoms with Gasteiger partial charge in [0.25, 0.3) is 0 Å². The summed E-state index contributed by atoms with van der Waals surface area (Å²) in [5, 5.41) is 9.89. The number of carboxylic acid groups (broad SMARTS) is 1. The molecule has 170 valence electrons. The molecule has 3 N–H and O–H groups in total. The normalized spacial score (nSPS) is 16.8. The topological polar surface area (TPSA) is 104 Å². The Balaban J connectivity index is 2.07. The quantitative estimate of drug-likeness (QED) is 0.706. The molecule has 7 nitrogen and oxygen atoms in total. The van der Waals surface area contributed by atoms with Crippen LogP contribution in [0, 0.1) is 5.41 Å². The number of primary amides is 1. The molecule has 1 heterocycles. The number of aliphatic carboxylic acids is 1. The molecule has 0 saturated heterocycles. The Labute approximate surface area is 192 Å². The number of rotatable bonds is 5. The van der Waals surface area contributed by atoms with Crippen molar-refractivity contribution in [3.05, 3.63) is 64.7 Å². The highest BCUT2D eigenvalue weighted by molar-refractivity contribution is 6.31. The number of fused-ring (bicyclic) bond motifs is 1. The van der Waals surface area contributed by atoms with Gasteiger partial charge in [-0.05, 0) is 41.2 Å². The highest BCUT2D eigenvalue weighted by atomic mass is 35.5. The van der Waals surface area contributed by atoms with E-state index in [9.17, 15) is 19.5 Å². The molecule has 2 atom stereocenters. The molecule has 0 radical (unpaired) electrons. The van der Waals surface area contributed by atoms with Crippen molar-refractivity contribution in [2.45, 2.75) is 52.2 Å². The minimum atomic E-state index is -0.985. The molecule has 32 heavy (non-hydrogen) atoms. The fourth-order valence-electron chi connectivity index (χ4n) is 4.28. The lowest BCUT2D eigenvalue weighted by molar-refractivity contribution is -0.143. The highest BCUT2D eigenvalue weighted by Crippen LogP contribution is 2.34. The van der Waals surface area contributed by atoms with Crippen LogP contribution < -0.4 is 10.6 Å². The van der Waals surface area contributed by atoms with E-state index in [1.807, 2.05) is 45.0 Å². The summed E-state index contributed by atoms with van der Waals surface area (Å²) in [6.07, 6.45) is 0.240. The molecule has 0 aromatic heterocycles. The highest BCUT2D eigenvalue weighted by Gasteiger charge is 2.44. The fourth-order valence-corrected chi connectivity index (χ4v) is 4.47. The van der Waals surface area contributed by atoms with Crippen LogP contribution in [0.5, 0.6) is 0 Å². The first-order chi connectivity index (χ1) is 15.0. The van der Waals surface area contributed by atoms with Gasteiger partial charge in [-0.2, -0.15) is 0 Å². The smallest absolute Gasteiger partial charge is 0.320 e. The van der Waals surface area contributed by atoms with Gasteiger partial charge in [0.15, 0.2) is 0 Å². The van der Waals surface area contributed by atoms with Gasteiger partial charge in [-0.15, -0.1) is 0 Å². The average Bonchev–Trinajstić information content (AvgIpc) is 2.69. The molecule has 0 fully saturated rings. The van der Waals surface area contributed by atoms with Crippen LogP contribution in [0.25, 0.3) is 0 Å². The molecule has 1 aliphatic rings. The molecule has 1 aliphatic heterocycles. The number of hydrogen-bond donors (Lipinski definition) is 2. The van der Waals surface area contributed by atoms with Crippen LogP contribution >= 0.6 is 11.6 Å². The summed E-state index contributed by atoms with van der Waals surface area (Å²) < 4.78 is 0. The van der Waals surface area contributed by atoms with Gasteiger partial charge in [0, 0.05) is 23.3 Å². The van der Waals surface area contributed by atoms with Crippen LogP contribution in [0.4, 0.5) is 10.5 Å². The molecule has 0 spiro atoms. The second kappa shape index (κ2) is 9.20. The number of halogens is 1. The zero-order chi connectivity index (χ0) is 23.6. The molecule has 2 aromatic rings. The van der Waals surface area contributed by atoms with E-state index in [1.165, 1.54) is 4.90 Å². The molecule has 8 heteroatoms. The average molecular weight is 458 g/mol. The number of nitrogens with two attached hydrogens (primary N) is 1. The Morgan fingerprint density at radius 2 is 1.81 bits per heavy atom. The van der Waals surface area contributed by atoms with Crippen molar-refractivity contribution in [1.29, 1.82) is 0 Å². The molecule has 0 aliphatic carbocycles. The van der Waals surface area contributed by atoms with Gasteiger partial charge in [0.05, 0.1) is 6.42 Å². The second-order valence-corrected chi connectivity index (χ2v) is 9.58. The third-order valence-electron chi connectivity index (χ3n) is 5.68. The lowest BCUT2D eigenvalue weighted by atomic mass is 9.82. The molecule has 0 bridgehead atoms. The summed E-state index contributed by atoms with van der Waals surface area (Å²) in [7, 11) is 0. The summed E-state index contributed by atoms with van der Waals surface area (Å²) in [6.45, 7) is 5.81. The molecule has 2 aromatic carbocycles. The molecule has 0 saturated carbocycles. The van der Waals surface area contributed by atoms with Gasteiger partial charge in [-0.25, -0.2) is 4.79 Å². The summed E-state index contributed by atoms with van der Waals surface area (Å²) in [5.41, 5.74) is 7.45. The van der Waals surface area contributed by atoms with Crippen molar-refractivity contribution in [1.82, 2.24) is 4.90 Å². The lowest BCUT2D eigenvalue weighted by Gasteiger charge is -2.44. The van der Waals surface area contributed by atoms with E-state index in [4.69, 9.17) is 17.3 Å². The zero-order valence-electron chi connectivity index (χ0n) is 18.4. The SMILES string of the molecule is CC(C)(C)[C@@H](C(=O)N1Cc2ccccc2C[C@@H]1CC(=O)O)N(C(N)=O)c1cccc(Cl)c1. The van der Waals surface area contributed by atoms with Crippen LogP contribution in [-0.2, 0) is 22.6 Å². The van der Waals surface area contributed by atoms with E-state index in [0.29, 0.717) is 17.1 Å². The van der Waals surface area contributed by atoms with E-state index < -0.39 is 29.5 Å². The van der Waals surface area contributed by atoms with Crippen molar-refractivity contribution in [2.24, 2.45) is 11.1 Å². The number of carbonyl (C=O) groups is 3. The van der Waals surface area contributed by atoms with Crippen molar-refractivity contribution in [3.8, 4) is 0 Å². The molecular weight excluding hydrogens is 430 g/mol. The van der Waals surface area contributed by atoms with E-state index >= 15 is 0 Å². The number of nitrogens with zero attached hydrogens (tertiary/aromatic N) is 2. The number of amides is 3. The van der Waals surface area contributed by atoms with Gasteiger partial charge in [-0.1, -0.05) is 62.7 Å². The standard InChI is InChI=1S/C24H28ClN3O4/c1-24(2,3)21(28(23(26)32)18-10-6-9-17(25)12-18)22(31)27-14-16-8-5-4-7-15(16)11-19(27)13-20(29)30/h4-10,12,19,21H,11,13-14H2,1-3H3,(H2,26,32)(H,29,30)/t19-,21-/m1/s1. The largest absolute Gasteiger partial charge is 0.481 e. The number of benzene rings is 2. The third kappa shape index (κ3) is 5.05. The number of anilines is 1. The molecule has 3 amide bonds.